The number of hydrogen-bond donors (Lipinski definition) is 6. The highest BCUT2D eigenvalue weighted by atomic mass is 127. The first kappa shape index (κ1) is 33.8. The number of halogens is 1. The van der Waals surface area contributed by atoms with Crippen molar-refractivity contribution < 1.29 is 44.8 Å². The van der Waals surface area contributed by atoms with Gasteiger partial charge in [-0.25, -0.2) is 0 Å². The molecule has 13 heteroatoms. The number of rotatable bonds is 11. The van der Waals surface area contributed by atoms with E-state index in [0.717, 1.165) is 16.0 Å². The molecule has 11 nitrogen and oxygen atoms in total. The number of methoxy groups -OCH3 is 1. The third kappa shape index (κ3) is 6.61. The van der Waals surface area contributed by atoms with Crippen molar-refractivity contribution in [3.63, 3.8) is 0 Å². The number of nitrogens with zero attached hydrogens (tertiary/aromatic N) is 2. The van der Waals surface area contributed by atoms with Crippen LogP contribution in [0.15, 0.2) is 71.9 Å². The number of aromatic hydroxyl groups is 1. The molecule has 0 unspecified atom stereocenters. The topological polar surface area (TPSA) is 181 Å². The maximum absolute atomic E-state index is 13.8. The molecule has 1 aliphatic heterocycles. The summed E-state index contributed by atoms with van der Waals surface area (Å²) < 4.78 is 5.90. The SMILES string of the molecule is COc1cc(/C=C(/CC[C@@H](O)C2=C(CO)C[C@H]3C(=O)N(c4cccc(B(O)O)c4)C(=O)[C@H]3[C@H]2CO)c2ccccn2)cc(I)c1O. The summed E-state index contributed by atoms with van der Waals surface area (Å²) in [6.45, 7) is -0.998. The van der Waals surface area contributed by atoms with E-state index in [0.29, 0.717) is 32.6 Å². The molecule has 2 aliphatic rings. The third-order valence-corrected chi connectivity index (χ3v) is 9.47. The summed E-state index contributed by atoms with van der Waals surface area (Å²) in [6, 6.07) is 14.8. The van der Waals surface area contributed by atoms with Crippen LogP contribution in [0.2, 0.25) is 0 Å². The first-order valence-electron chi connectivity index (χ1n) is 14.7. The first-order chi connectivity index (χ1) is 22.1. The second-order valence-electron chi connectivity index (χ2n) is 11.3. The van der Waals surface area contributed by atoms with Crippen molar-refractivity contribution in [2.75, 3.05) is 25.2 Å². The standard InChI is InChI=1S/C33H34BIN2O9/c1-46-28-13-18(12-25(35)31(28)41)11-19(26-7-2-3-10-36-26)8-9-27(40)29-20(16-38)14-23-30(24(29)17-39)33(43)37(32(23)42)22-6-4-5-21(15-22)34(44)45/h2-7,10-13,15,23-24,27,30,38-41,44-45H,8-9,14,16-17H2,1H3/b19-11-/t23-,24+,27-,30-/m1/s1. The highest BCUT2D eigenvalue weighted by Crippen LogP contribution is 2.47. The summed E-state index contributed by atoms with van der Waals surface area (Å²) in [5, 5.41) is 62.0. The van der Waals surface area contributed by atoms with Gasteiger partial charge in [0.2, 0.25) is 11.8 Å². The summed E-state index contributed by atoms with van der Waals surface area (Å²) in [4.78, 5) is 32.8. The molecular weight excluding hydrogens is 706 g/mol. The summed E-state index contributed by atoms with van der Waals surface area (Å²) >= 11 is 2.01. The summed E-state index contributed by atoms with van der Waals surface area (Å²) in [6.07, 6.45) is 2.89. The molecule has 0 radical (unpaired) electrons. The maximum Gasteiger partial charge on any atom is 0.488 e. The second-order valence-corrected chi connectivity index (χ2v) is 12.5. The normalized spacial score (nSPS) is 20.6. The lowest BCUT2D eigenvalue weighted by Gasteiger charge is -2.36. The Bertz CT molecular complexity index is 1680. The molecule has 2 heterocycles. The molecule has 1 aliphatic carbocycles. The van der Waals surface area contributed by atoms with E-state index in [1.54, 1.807) is 24.4 Å². The van der Waals surface area contributed by atoms with Crippen molar-refractivity contribution in [1.29, 1.82) is 0 Å². The zero-order valence-corrected chi connectivity index (χ0v) is 27.1. The lowest BCUT2D eigenvalue weighted by molar-refractivity contribution is -0.123. The number of aliphatic hydroxyl groups is 3. The molecule has 4 atom stereocenters. The van der Waals surface area contributed by atoms with Crippen LogP contribution in [0.4, 0.5) is 5.69 Å². The van der Waals surface area contributed by atoms with Crippen LogP contribution < -0.4 is 15.1 Å². The van der Waals surface area contributed by atoms with Gasteiger partial charge in [0.25, 0.3) is 0 Å². The molecule has 1 aromatic heterocycles. The molecule has 1 fully saturated rings. The number of benzene rings is 2. The zero-order chi connectivity index (χ0) is 33.1. The second kappa shape index (κ2) is 14.4. The van der Waals surface area contributed by atoms with Crippen molar-refractivity contribution in [3.05, 3.63) is 86.8 Å². The van der Waals surface area contributed by atoms with Gasteiger partial charge >= 0.3 is 7.12 Å². The number of allylic oxidation sites excluding steroid dienone is 1. The van der Waals surface area contributed by atoms with E-state index in [-0.39, 0.29) is 29.7 Å². The van der Waals surface area contributed by atoms with Crippen molar-refractivity contribution in [1.82, 2.24) is 4.98 Å². The van der Waals surface area contributed by atoms with Crippen molar-refractivity contribution in [2.24, 2.45) is 17.8 Å². The number of phenolic OH excluding ortho intramolecular Hbond substituents is 1. The first-order valence-corrected chi connectivity index (χ1v) is 15.8. The number of carbonyl (C=O) groups excluding carboxylic acids is 2. The zero-order valence-electron chi connectivity index (χ0n) is 25.0. The number of carbonyl (C=O) groups is 2. The lowest BCUT2D eigenvalue weighted by atomic mass is 9.68. The number of ether oxygens (including phenoxy) is 1. The van der Waals surface area contributed by atoms with E-state index >= 15 is 0 Å². The minimum Gasteiger partial charge on any atom is -0.504 e. The fourth-order valence-electron chi connectivity index (χ4n) is 6.49. The fraction of sp³-hybridized carbons (Fsp3) is 0.303. The van der Waals surface area contributed by atoms with Gasteiger partial charge in [-0.15, -0.1) is 0 Å². The molecule has 0 bridgehead atoms. The van der Waals surface area contributed by atoms with E-state index in [4.69, 9.17) is 4.74 Å². The molecule has 5 rings (SSSR count). The largest absolute Gasteiger partial charge is 0.504 e. The number of anilines is 1. The van der Waals surface area contributed by atoms with E-state index in [9.17, 15) is 40.1 Å². The molecular formula is C33H34BIN2O9. The van der Waals surface area contributed by atoms with Crippen molar-refractivity contribution >= 4 is 64.3 Å². The Hall–Kier alpha value is -3.60. The summed E-state index contributed by atoms with van der Waals surface area (Å²) in [5.41, 5.74) is 3.20. The molecule has 2 amide bonds. The minimum atomic E-state index is -1.80. The molecule has 1 saturated heterocycles. The molecule has 3 aromatic rings. The number of imide groups is 1. The minimum absolute atomic E-state index is 0.0291. The summed E-state index contributed by atoms with van der Waals surface area (Å²) in [7, 11) is -0.333. The van der Waals surface area contributed by atoms with E-state index < -0.39 is 56.0 Å². The van der Waals surface area contributed by atoms with Gasteiger partial charge in [0.1, 0.15) is 0 Å². The number of aromatic nitrogens is 1. The van der Waals surface area contributed by atoms with Crippen LogP contribution in [0.5, 0.6) is 11.5 Å². The number of phenols is 1. The van der Waals surface area contributed by atoms with E-state index in [1.165, 1.54) is 31.4 Å². The van der Waals surface area contributed by atoms with Crippen LogP contribution in [0.3, 0.4) is 0 Å². The Morgan fingerprint density at radius 3 is 2.57 bits per heavy atom. The Balaban J connectivity index is 1.44. The number of fused-ring (bicyclic) bond motifs is 1. The van der Waals surface area contributed by atoms with Gasteiger partial charge in [0.15, 0.2) is 11.5 Å². The van der Waals surface area contributed by atoms with Gasteiger partial charge in [-0.3, -0.25) is 19.5 Å². The Labute approximate surface area is 279 Å². The van der Waals surface area contributed by atoms with Crippen LogP contribution in [0.25, 0.3) is 11.6 Å². The Morgan fingerprint density at radius 1 is 1.13 bits per heavy atom. The highest BCUT2D eigenvalue weighted by Gasteiger charge is 2.55. The third-order valence-electron chi connectivity index (χ3n) is 8.65. The van der Waals surface area contributed by atoms with Crippen molar-refractivity contribution in [3.8, 4) is 11.5 Å². The monoisotopic (exact) mass is 740 g/mol. The van der Waals surface area contributed by atoms with Crippen LogP contribution in [-0.4, -0.2) is 80.8 Å². The predicted octanol–water partition coefficient (Wildman–Crippen LogP) is 1.87. The predicted molar refractivity (Wildman–Crippen MR) is 180 cm³/mol. The number of aliphatic hydroxyl groups excluding tert-OH is 3. The van der Waals surface area contributed by atoms with Gasteiger partial charge in [0.05, 0.1) is 53.2 Å². The van der Waals surface area contributed by atoms with Gasteiger partial charge in [-0.05, 0) is 112 Å². The average molecular weight is 740 g/mol. The number of amides is 2. The Kier molecular flexibility index (Phi) is 10.6. The fourth-order valence-corrected chi connectivity index (χ4v) is 7.12. The van der Waals surface area contributed by atoms with Crippen LogP contribution >= 0.6 is 22.6 Å². The maximum atomic E-state index is 13.8. The molecule has 240 valence electrons. The average Bonchev–Trinajstić information content (AvgIpc) is 3.32. The van der Waals surface area contributed by atoms with Gasteiger partial charge in [-0.1, -0.05) is 18.2 Å². The molecule has 46 heavy (non-hydrogen) atoms. The Morgan fingerprint density at radius 2 is 1.91 bits per heavy atom. The molecule has 2 aromatic carbocycles. The smallest absolute Gasteiger partial charge is 0.488 e. The van der Waals surface area contributed by atoms with Gasteiger partial charge < -0.3 is 35.2 Å². The van der Waals surface area contributed by atoms with Crippen molar-refractivity contribution in [2.45, 2.75) is 25.4 Å². The van der Waals surface area contributed by atoms with Crippen LogP contribution in [0, 0.1) is 21.3 Å². The van der Waals surface area contributed by atoms with Gasteiger partial charge in [0, 0.05) is 12.1 Å². The quantitative estimate of drug-likeness (QED) is 0.0736. The van der Waals surface area contributed by atoms with Crippen LogP contribution in [0.1, 0.15) is 30.5 Å². The molecule has 6 N–H and O–H groups in total. The van der Waals surface area contributed by atoms with Gasteiger partial charge in [-0.2, -0.15) is 0 Å². The molecule has 0 spiro atoms. The lowest BCUT2D eigenvalue weighted by Crippen LogP contribution is -2.39. The number of pyridine rings is 1. The number of hydrogen-bond acceptors (Lipinski definition) is 10. The van der Waals surface area contributed by atoms with E-state index in [2.05, 4.69) is 4.98 Å². The highest BCUT2D eigenvalue weighted by molar-refractivity contribution is 14.1. The van der Waals surface area contributed by atoms with E-state index in [1.807, 2.05) is 40.8 Å². The summed E-state index contributed by atoms with van der Waals surface area (Å²) in [5.74, 6) is -3.50. The molecule has 0 saturated carbocycles. The van der Waals surface area contributed by atoms with Crippen LogP contribution in [-0.2, 0) is 9.59 Å².